The van der Waals surface area contributed by atoms with Crippen molar-refractivity contribution < 1.29 is 14.3 Å². The number of carbonyl (C=O) groups is 1. The predicted molar refractivity (Wildman–Crippen MR) is 74.0 cm³/mol. The molecule has 1 rings (SSSR count). The number of esters is 1. The van der Waals surface area contributed by atoms with Crippen molar-refractivity contribution in [2.45, 2.75) is 30.9 Å². The minimum Gasteiger partial charge on any atom is -0.494 e. The molecule has 18 heavy (non-hydrogen) atoms. The molecule has 0 heterocycles. The summed E-state index contributed by atoms with van der Waals surface area (Å²) < 4.78 is 10.4. The second kappa shape index (κ2) is 7.16. The summed E-state index contributed by atoms with van der Waals surface area (Å²) >= 11 is 1.38. The van der Waals surface area contributed by atoms with Gasteiger partial charge in [-0.15, -0.1) is 11.8 Å². The van der Waals surface area contributed by atoms with Gasteiger partial charge in [-0.1, -0.05) is 0 Å². The average Bonchev–Trinajstić information content (AvgIpc) is 2.34. The molecule has 0 saturated heterocycles. The molecule has 1 unspecified atom stereocenters. The van der Waals surface area contributed by atoms with Gasteiger partial charge in [-0.05, 0) is 39.0 Å². The average molecular weight is 269 g/mol. The number of benzene rings is 1. The summed E-state index contributed by atoms with van der Waals surface area (Å²) in [6, 6.07) is 5.45. The predicted octanol–water partition coefficient (Wildman–Crippen LogP) is 2.71. The Labute approximate surface area is 112 Å². The van der Waals surface area contributed by atoms with Gasteiger partial charge in [0.2, 0.25) is 0 Å². The van der Waals surface area contributed by atoms with Crippen molar-refractivity contribution in [2.24, 2.45) is 0 Å². The van der Waals surface area contributed by atoms with Gasteiger partial charge in [0.15, 0.2) is 0 Å². The number of thioether (sulfide) groups is 1. The van der Waals surface area contributed by atoms with Crippen LogP contribution in [0, 0.1) is 0 Å². The molecule has 0 fully saturated rings. The van der Waals surface area contributed by atoms with Crippen LogP contribution in [0.5, 0.6) is 5.75 Å². The first-order valence-corrected chi connectivity index (χ1v) is 6.82. The topological polar surface area (TPSA) is 61.5 Å². The highest BCUT2D eigenvalue weighted by molar-refractivity contribution is 8.00. The van der Waals surface area contributed by atoms with E-state index in [0.717, 1.165) is 10.6 Å². The molecule has 0 radical (unpaired) electrons. The second-order valence-electron chi connectivity index (χ2n) is 3.64. The zero-order valence-electron chi connectivity index (χ0n) is 10.9. The Balaban J connectivity index is 2.76. The van der Waals surface area contributed by atoms with E-state index in [1.807, 2.05) is 19.1 Å². The number of hydrogen-bond donors (Lipinski definition) is 1. The fraction of sp³-hybridized carbons (Fsp3) is 0.462. The lowest BCUT2D eigenvalue weighted by molar-refractivity contribution is -0.142. The molecule has 2 N–H and O–H groups in total. The number of nitrogen functional groups attached to an aromatic ring is 1. The van der Waals surface area contributed by atoms with E-state index in [2.05, 4.69) is 0 Å². The van der Waals surface area contributed by atoms with Crippen molar-refractivity contribution in [3.63, 3.8) is 0 Å². The van der Waals surface area contributed by atoms with Crippen molar-refractivity contribution in [3.05, 3.63) is 18.2 Å². The lowest BCUT2D eigenvalue weighted by Gasteiger charge is -2.13. The molecule has 1 atom stereocenters. The smallest absolute Gasteiger partial charge is 0.319 e. The van der Waals surface area contributed by atoms with E-state index in [9.17, 15) is 4.79 Å². The summed E-state index contributed by atoms with van der Waals surface area (Å²) in [4.78, 5) is 12.4. The van der Waals surface area contributed by atoms with Gasteiger partial charge in [-0.25, -0.2) is 0 Å². The van der Waals surface area contributed by atoms with Crippen LogP contribution in [-0.2, 0) is 9.53 Å². The fourth-order valence-electron chi connectivity index (χ4n) is 1.37. The van der Waals surface area contributed by atoms with Crippen LogP contribution in [0.2, 0.25) is 0 Å². The third kappa shape index (κ3) is 4.14. The summed E-state index contributed by atoms with van der Waals surface area (Å²) in [5, 5.41) is -0.288. The first-order chi connectivity index (χ1) is 8.58. The molecule has 100 valence electrons. The normalized spacial score (nSPS) is 11.9. The summed E-state index contributed by atoms with van der Waals surface area (Å²) in [5.74, 6) is 0.522. The lowest BCUT2D eigenvalue weighted by Crippen LogP contribution is -2.16. The van der Waals surface area contributed by atoms with Crippen molar-refractivity contribution in [3.8, 4) is 5.75 Å². The maximum atomic E-state index is 11.6. The molecule has 0 aliphatic rings. The summed E-state index contributed by atoms with van der Waals surface area (Å²) in [6.07, 6.45) is 0. The zero-order valence-corrected chi connectivity index (χ0v) is 11.8. The molecule has 0 spiro atoms. The largest absolute Gasteiger partial charge is 0.494 e. The second-order valence-corrected chi connectivity index (χ2v) is 5.03. The Morgan fingerprint density at radius 3 is 2.72 bits per heavy atom. The maximum Gasteiger partial charge on any atom is 0.319 e. The van der Waals surface area contributed by atoms with Crippen LogP contribution in [-0.4, -0.2) is 24.4 Å². The van der Waals surface area contributed by atoms with E-state index in [1.165, 1.54) is 11.8 Å². The molecule has 0 bridgehead atoms. The van der Waals surface area contributed by atoms with E-state index in [4.69, 9.17) is 15.2 Å². The quantitative estimate of drug-likeness (QED) is 0.489. The van der Waals surface area contributed by atoms with Crippen LogP contribution in [0.15, 0.2) is 23.1 Å². The Bertz CT molecular complexity index is 409. The van der Waals surface area contributed by atoms with E-state index >= 15 is 0 Å². The summed E-state index contributed by atoms with van der Waals surface area (Å²) in [6.45, 7) is 6.50. The third-order valence-corrected chi connectivity index (χ3v) is 3.37. The summed E-state index contributed by atoms with van der Waals surface area (Å²) in [7, 11) is 0. The van der Waals surface area contributed by atoms with Crippen molar-refractivity contribution in [1.29, 1.82) is 0 Å². The van der Waals surface area contributed by atoms with Gasteiger partial charge in [-0.2, -0.15) is 0 Å². The maximum absolute atomic E-state index is 11.6. The molecule has 0 aliphatic carbocycles. The summed E-state index contributed by atoms with van der Waals surface area (Å²) in [5.41, 5.74) is 6.52. The highest BCUT2D eigenvalue weighted by atomic mass is 32.2. The lowest BCUT2D eigenvalue weighted by atomic mass is 10.3. The third-order valence-electron chi connectivity index (χ3n) is 2.22. The fourth-order valence-corrected chi connectivity index (χ4v) is 2.30. The van der Waals surface area contributed by atoms with Crippen molar-refractivity contribution in [1.82, 2.24) is 0 Å². The molecule has 0 aromatic heterocycles. The molecule has 0 amide bonds. The van der Waals surface area contributed by atoms with E-state index < -0.39 is 0 Å². The minimum absolute atomic E-state index is 0.233. The molecule has 1 aromatic carbocycles. The highest BCUT2D eigenvalue weighted by Crippen LogP contribution is 2.32. The molecule has 1 aromatic rings. The number of nitrogens with two attached hydrogens (primary N) is 1. The van der Waals surface area contributed by atoms with Crippen LogP contribution in [0.25, 0.3) is 0 Å². The Kier molecular flexibility index (Phi) is 5.85. The molecule has 0 saturated carbocycles. The van der Waals surface area contributed by atoms with Gasteiger partial charge in [0.25, 0.3) is 0 Å². The Morgan fingerprint density at radius 1 is 1.39 bits per heavy atom. The van der Waals surface area contributed by atoms with Gasteiger partial charge in [0, 0.05) is 10.6 Å². The van der Waals surface area contributed by atoms with Gasteiger partial charge < -0.3 is 15.2 Å². The first-order valence-electron chi connectivity index (χ1n) is 5.94. The first kappa shape index (κ1) is 14.7. The van der Waals surface area contributed by atoms with Crippen LogP contribution < -0.4 is 10.5 Å². The molecular formula is C13H19NO3S. The molecule has 4 nitrogen and oxygen atoms in total. The SMILES string of the molecule is CCOC(=O)C(C)Sc1cc(OCC)ccc1N. The van der Waals surface area contributed by atoms with Crippen LogP contribution in [0.1, 0.15) is 20.8 Å². The van der Waals surface area contributed by atoms with Crippen LogP contribution in [0.3, 0.4) is 0 Å². The number of ether oxygens (including phenoxy) is 2. The van der Waals surface area contributed by atoms with Crippen molar-refractivity contribution in [2.75, 3.05) is 18.9 Å². The van der Waals surface area contributed by atoms with E-state index in [-0.39, 0.29) is 11.2 Å². The van der Waals surface area contributed by atoms with Gasteiger partial charge >= 0.3 is 5.97 Å². The molecule has 5 heteroatoms. The number of anilines is 1. The molecular weight excluding hydrogens is 250 g/mol. The minimum atomic E-state index is -0.288. The van der Waals surface area contributed by atoms with Crippen molar-refractivity contribution >= 4 is 23.4 Å². The van der Waals surface area contributed by atoms with Crippen LogP contribution >= 0.6 is 11.8 Å². The number of hydrogen-bond acceptors (Lipinski definition) is 5. The van der Waals surface area contributed by atoms with Crippen LogP contribution in [0.4, 0.5) is 5.69 Å². The number of carbonyl (C=O) groups excluding carboxylic acids is 1. The number of rotatable bonds is 6. The van der Waals surface area contributed by atoms with Gasteiger partial charge in [0.05, 0.1) is 13.2 Å². The van der Waals surface area contributed by atoms with E-state index in [0.29, 0.717) is 18.9 Å². The monoisotopic (exact) mass is 269 g/mol. The Morgan fingerprint density at radius 2 is 2.11 bits per heavy atom. The van der Waals surface area contributed by atoms with E-state index in [1.54, 1.807) is 19.9 Å². The van der Waals surface area contributed by atoms with Gasteiger partial charge in [0.1, 0.15) is 11.0 Å². The standard InChI is InChI=1S/C13H19NO3S/c1-4-16-10-6-7-11(14)12(8-10)18-9(3)13(15)17-5-2/h6-9H,4-5,14H2,1-3H3. The zero-order chi connectivity index (χ0) is 13.5. The Hall–Kier alpha value is -1.36. The molecule has 0 aliphatic heterocycles. The van der Waals surface area contributed by atoms with Gasteiger partial charge in [-0.3, -0.25) is 4.79 Å². The highest BCUT2D eigenvalue weighted by Gasteiger charge is 2.17.